The molecule has 0 rings (SSSR count). The van der Waals surface area contributed by atoms with Crippen LogP contribution in [0, 0.1) is 5.92 Å². The Kier molecular flexibility index (Phi) is 5.15. The molecule has 0 saturated carbocycles. The third kappa shape index (κ3) is 3.74. The van der Waals surface area contributed by atoms with Crippen LogP contribution in [0.1, 0.15) is 20.8 Å². The quantitative estimate of drug-likeness (QED) is 0.626. The van der Waals surface area contributed by atoms with Crippen LogP contribution < -0.4 is 5.32 Å². The highest BCUT2D eigenvalue weighted by molar-refractivity contribution is 5.80. The van der Waals surface area contributed by atoms with E-state index in [1.165, 1.54) is 6.92 Å². The van der Waals surface area contributed by atoms with Crippen molar-refractivity contribution < 1.29 is 19.4 Å². The van der Waals surface area contributed by atoms with E-state index in [0.717, 1.165) is 0 Å². The van der Waals surface area contributed by atoms with Crippen molar-refractivity contribution in [2.75, 3.05) is 7.05 Å². The lowest BCUT2D eigenvalue weighted by atomic mass is 10.1. The Morgan fingerprint density at radius 3 is 2.07 bits per heavy atom. The molecular weight excluding hydrogens is 186 g/mol. The number of ether oxygens (including phenoxy) is 1. The van der Waals surface area contributed by atoms with Gasteiger partial charge < -0.3 is 15.2 Å². The van der Waals surface area contributed by atoms with E-state index in [1.807, 2.05) is 13.8 Å². The second kappa shape index (κ2) is 5.59. The van der Waals surface area contributed by atoms with Gasteiger partial charge in [0.2, 0.25) is 0 Å². The molecule has 2 atom stereocenters. The molecule has 0 amide bonds. The summed E-state index contributed by atoms with van der Waals surface area (Å²) in [6.07, 6.45) is -1.10. The third-order valence-electron chi connectivity index (χ3n) is 1.87. The fraction of sp³-hybridized carbons (Fsp3) is 0.778. The summed E-state index contributed by atoms with van der Waals surface area (Å²) in [6, 6.07) is -0.461. The first kappa shape index (κ1) is 12.9. The highest BCUT2D eigenvalue weighted by Gasteiger charge is 2.25. The first-order chi connectivity index (χ1) is 6.40. The van der Waals surface area contributed by atoms with E-state index in [1.54, 1.807) is 7.05 Å². The molecule has 0 spiro atoms. The predicted molar refractivity (Wildman–Crippen MR) is 50.9 cm³/mol. The zero-order valence-electron chi connectivity index (χ0n) is 8.90. The summed E-state index contributed by atoms with van der Waals surface area (Å²) in [5.74, 6) is -1.61. The van der Waals surface area contributed by atoms with Crippen LogP contribution in [0.25, 0.3) is 0 Å². The molecule has 0 aliphatic carbocycles. The zero-order valence-corrected chi connectivity index (χ0v) is 8.90. The summed E-state index contributed by atoms with van der Waals surface area (Å²) in [4.78, 5) is 21.8. The fourth-order valence-corrected chi connectivity index (χ4v) is 1.02. The normalized spacial score (nSPS) is 14.9. The fourth-order valence-electron chi connectivity index (χ4n) is 1.02. The van der Waals surface area contributed by atoms with E-state index in [4.69, 9.17) is 9.84 Å². The molecule has 0 aromatic heterocycles. The van der Waals surface area contributed by atoms with E-state index in [-0.39, 0.29) is 5.92 Å². The maximum absolute atomic E-state index is 11.4. The first-order valence-corrected chi connectivity index (χ1v) is 4.50. The van der Waals surface area contributed by atoms with Crippen molar-refractivity contribution in [1.82, 2.24) is 5.32 Å². The van der Waals surface area contributed by atoms with Gasteiger partial charge in [0.15, 0.2) is 6.10 Å². The van der Waals surface area contributed by atoms with Gasteiger partial charge in [-0.05, 0) is 19.9 Å². The Bertz CT molecular complexity index is 215. The number of carboxylic acid groups (broad SMARTS) is 1. The Morgan fingerprint density at radius 1 is 1.29 bits per heavy atom. The lowest BCUT2D eigenvalue weighted by Gasteiger charge is -2.19. The highest BCUT2D eigenvalue weighted by Crippen LogP contribution is 2.05. The van der Waals surface area contributed by atoms with Crippen molar-refractivity contribution in [3.63, 3.8) is 0 Å². The molecule has 0 saturated heterocycles. The van der Waals surface area contributed by atoms with Crippen molar-refractivity contribution in [3.05, 3.63) is 0 Å². The number of carboxylic acids is 1. The molecule has 0 radical (unpaired) electrons. The van der Waals surface area contributed by atoms with E-state index >= 15 is 0 Å². The molecule has 0 fully saturated rings. The Balaban J connectivity index is 4.24. The number of rotatable bonds is 5. The third-order valence-corrected chi connectivity index (χ3v) is 1.87. The van der Waals surface area contributed by atoms with Gasteiger partial charge in [0, 0.05) is 0 Å². The average molecular weight is 203 g/mol. The van der Waals surface area contributed by atoms with Crippen molar-refractivity contribution in [1.29, 1.82) is 0 Å². The van der Waals surface area contributed by atoms with E-state index in [0.29, 0.717) is 0 Å². The van der Waals surface area contributed by atoms with E-state index in [9.17, 15) is 9.59 Å². The molecule has 2 N–H and O–H groups in total. The molecule has 0 aliphatic heterocycles. The molecule has 0 aromatic rings. The summed E-state index contributed by atoms with van der Waals surface area (Å²) in [6.45, 7) is 5.04. The molecule has 2 unspecified atom stereocenters. The summed E-state index contributed by atoms with van der Waals surface area (Å²) in [5.41, 5.74) is 0. The van der Waals surface area contributed by atoms with Gasteiger partial charge in [-0.25, -0.2) is 4.79 Å². The summed E-state index contributed by atoms with van der Waals surface area (Å²) in [7, 11) is 1.64. The molecular formula is C9H17NO4. The molecule has 5 nitrogen and oxygen atoms in total. The lowest BCUT2D eigenvalue weighted by molar-refractivity contribution is -0.164. The van der Waals surface area contributed by atoms with Crippen molar-refractivity contribution >= 4 is 11.9 Å². The number of aliphatic carboxylic acids is 1. The standard InChI is InChI=1S/C9H17NO4/c1-5(2)7(10-4)9(13)14-6(3)8(11)12/h5-7,10H,1-4H3,(H,11,12). The molecule has 14 heavy (non-hydrogen) atoms. The van der Waals surface area contributed by atoms with Crippen molar-refractivity contribution in [2.45, 2.75) is 32.9 Å². The van der Waals surface area contributed by atoms with Gasteiger partial charge in [0.1, 0.15) is 6.04 Å². The SMILES string of the molecule is CNC(C(=O)OC(C)C(=O)O)C(C)C. The van der Waals surface area contributed by atoms with Crippen LogP contribution >= 0.6 is 0 Å². The Morgan fingerprint density at radius 2 is 1.79 bits per heavy atom. The maximum atomic E-state index is 11.4. The minimum atomic E-state index is -1.14. The van der Waals surface area contributed by atoms with Gasteiger partial charge in [-0.1, -0.05) is 13.8 Å². The van der Waals surface area contributed by atoms with Crippen LogP contribution in [0.15, 0.2) is 0 Å². The first-order valence-electron chi connectivity index (χ1n) is 4.50. The number of carbonyl (C=O) groups excluding carboxylic acids is 1. The van der Waals surface area contributed by atoms with Gasteiger partial charge in [0.05, 0.1) is 0 Å². The van der Waals surface area contributed by atoms with Crippen LogP contribution in [0.3, 0.4) is 0 Å². The largest absolute Gasteiger partial charge is 0.479 e. The molecule has 82 valence electrons. The number of esters is 1. The molecule has 5 heteroatoms. The maximum Gasteiger partial charge on any atom is 0.344 e. The molecule has 0 heterocycles. The highest BCUT2D eigenvalue weighted by atomic mass is 16.6. The summed E-state index contributed by atoms with van der Waals surface area (Å²) >= 11 is 0. The second-order valence-corrected chi connectivity index (χ2v) is 3.43. The van der Waals surface area contributed by atoms with Gasteiger partial charge >= 0.3 is 11.9 Å². The number of nitrogens with one attached hydrogen (secondary N) is 1. The summed E-state index contributed by atoms with van der Waals surface area (Å²) < 4.78 is 4.73. The minimum Gasteiger partial charge on any atom is -0.479 e. The molecule has 0 aliphatic rings. The lowest BCUT2D eigenvalue weighted by Crippen LogP contribution is -2.42. The Labute approximate surface area is 83.4 Å². The summed E-state index contributed by atoms with van der Waals surface area (Å²) in [5, 5.41) is 11.3. The van der Waals surface area contributed by atoms with Gasteiger partial charge in [0.25, 0.3) is 0 Å². The number of carbonyl (C=O) groups is 2. The zero-order chi connectivity index (χ0) is 11.3. The van der Waals surface area contributed by atoms with Crippen LogP contribution in [-0.2, 0) is 14.3 Å². The van der Waals surface area contributed by atoms with Crippen LogP contribution in [0.5, 0.6) is 0 Å². The van der Waals surface area contributed by atoms with Crippen LogP contribution in [0.4, 0.5) is 0 Å². The van der Waals surface area contributed by atoms with Gasteiger partial charge in [-0.15, -0.1) is 0 Å². The minimum absolute atomic E-state index is 0.0634. The predicted octanol–water partition coefficient (Wildman–Crippen LogP) is 0.247. The Hall–Kier alpha value is -1.10. The smallest absolute Gasteiger partial charge is 0.344 e. The number of hydrogen-bond acceptors (Lipinski definition) is 4. The van der Waals surface area contributed by atoms with E-state index in [2.05, 4.69) is 5.32 Å². The van der Waals surface area contributed by atoms with Crippen LogP contribution in [-0.4, -0.2) is 36.2 Å². The average Bonchev–Trinajstić information content (AvgIpc) is 2.04. The van der Waals surface area contributed by atoms with Crippen molar-refractivity contribution in [3.8, 4) is 0 Å². The molecule has 0 bridgehead atoms. The topological polar surface area (TPSA) is 75.6 Å². The number of likely N-dealkylation sites (N-methyl/N-ethyl adjacent to an activating group) is 1. The van der Waals surface area contributed by atoms with Crippen molar-refractivity contribution in [2.24, 2.45) is 5.92 Å². The number of hydrogen-bond donors (Lipinski definition) is 2. The van der Waals surface area contributed by atoms with Gasteiger partial charge in [-0.3, -0.25) is 4.79 Å². The van der Waals surface area contributed by atoms with Gasteiger partial charge in [-0.2, -0.15) is 0 Å². The van der Waals surface area contributed by atoms with Crippen LogP contribution in [0.2, 0.25) is 0 Å². The monoisotopic (exact) mass is 203 g/mol. The second-order valence-electron chi connectivity index (χ2n) is 3.43. The molecule has 0 aromatic carbocycles. The van der Waals surface area contributed by atoms with E-state index < -0.39 is 24.1 Å².